The van der Waals surface area contributed by atoms with Gasteiger partial charge in [0.2, 0.25) is 17.7 Å². The van der Waals surface area contributed by atoms with Crippen molar-refractivity contribution in [1.82, 2.24) is 20.1 Å². The van der Waals surface area contributed by atoms with Crippen LogP contribution in [0.25, 0.3) is 0 Å². The van der Waals surface area contributed by atoms with Crippen molar-refractivity contribution in [2.75, 3.05) is 18.8 Å². The van der Waals surface area contributed by atoms with E-state index in [1.54, 1.807) is 16.2 Å². The number of thioether (sulfide) groups is 1. The van der Waals surface area contributed by atoms with Gasteiger partial charge >= 0.3 is 0 Å². The first kappa shape index (κ1) is 17.9. The molecule has 25 heavy (non-hydrogen) atoms. The lowest BCUT2D eigenvalue weighted by atomic mass is 9.96. The first-order chi connectivity index (χ1) is 12.0. The number of piperidine rings is 1. The zero-order valence-corrected chi connectivity index (χ0v) is 15.4. The number of aromatic nitrogens is 3. The molecular weight excluding hydrogens is 362 g/mol. The average Bonchev–Trinajstić information content (AvgIpc) is 3.22. The van der Waals surface area contributed by atoms with E-state index in [-0.39, 0.29) is 23.5 Å². The molecule has 10 heteroatoms. The third kappa shape index (κ3) is 4.79. The molecule has 0 aromatic carbocycles. The van der Waals surface area contributed by atoms with E-state index >= 15 is 0 Å². The monoisotopic (exact) mass is 381 g/mol. The predicted octanol–water partition coefficient (Wildman–Crippen LogP) is 1.24. The molecule has 134 valence electrons. The molecular formula is C15H19N5O3S2. The molecule has 0 unspecified atom stereocenters. The summed E-state index contributed by atoms with van der Waals surface area (Å²) in [6, 6.07) is 0. The Morgan fingerprint density at radius 3 is 2.80 bits per heavy atom. The SMILES string of the molecule is Cc1nc(Cc2nnc(SCC(=O)N3CCC(C(N)=O)CC3)o2)cs1. The van der Waals surface area contributed by atoms with Crippen LogP contribution in [0.5, 0.6) is 0 Å². The molecule has 2 aromatic heterocycles. The lowest BCUT2D eigenvalue weighted by Gasteiger charge is -2.30. The number of hydrogen-bond donors (Lipinski definition) is 1. The number of likely N-dealkylation sites (tertiary alicyclic amines) is 1. The summed E-state index contributed by atoms with van der Waals surface area (Å²) in [5.74, 6) is 0.323. The number of primary amides is 1. The molecule has 0 saturated carbocycles. The minimum Gasteiger partial charge on any atom is -0.416 e. The molecule has 2 aromatic rings. The maximum Gasteiger partial charge on any atom is 0.277 e. The van der Waals surface area contributed by atoms with Crippen molar-refractivity contribution in [3.63, 3.8) is 0 Å². The minimum atomic E-state index is -0.282. The van der Waals surface area contributed by atoms with Gasteiger partial charge < -0.3 is 15.1 Å². The number of amides is 2. The van der Waals surface area contributed by atoms with Crippen LogP contribution in [0, 0.1) is 12.8 Å². The van der Waals surface area contributed by atoms with E-state index < -0.39 is 0 Å². The van der Waals surface area contributed by atoms with E-state index in [0.29, 0.717) is 43.5 Å². The number of nitrogens with zero attached hydrogens (tertiary/aromatic N) is 4. The minimum absolute atomic E-state index is 0.00259. The van der Waals surface area contributed by atoms with Gasteiger partial charge in [-0.3, -0.25) is 9.59 Å². The number of hydrogen-bond acceptors (Lipinski definition) is 8. The zero-order chi connectivity index (χ0) is 17.8. The fourth-order valence-corrected chi connectivity index (χ4v) is 3.94. The molecule has 0 radical (unpaired) electrons. The van der Waals surface area contributed by atoms with E-state index in [1.807, 2.05) is 12.3 Å². The maximum atomic E-state index is 12.2. The van der Waals surface area contributed by atoms with Gasteiger partial charge in [0.05, 0.1) is 22.9 Å². The lowest BCUT2D eigenvalue weighted by Crippen LogP contribution is -2.42. The smallest absolute Gasteiger partial charge is 0.277 e. The van der Waals surface area contributed by atoms with Crippen LogP contribution in [0.15, 0.2) is 15.0 Å². The Labute approximate surface area is 153 Å². The molecule has 0 atom stereocenters. The second-order valence-corrected chi connectivity index (χ2v) is 7.83. The molecule has 0 spiro atoms. The van der Waals surface area contributed by atoms with E-state index in [0.717, 1.165) is 10.7 Å². The summed E-state index contributed by atoms with van der Waals surface area (Å²) in [6.07, 6.45) is 1.75. The van der Waals surface area contributed by atoms with Gasteiger partial charge in [0.25, 0.3) is 5.22 Å². The van der Waals surface area contributed by atoms with E-state index in [9.17, 15) is 9.59 Å². The summed E-state index contributed by atoms with van der Waals surface area (Å²) in [5.41, 5.74) is 6.20. The van der Waals surface area contributed by atoms with Crippen molar-refractivity contribution >= 4 is 34.9 Å². The van der Waals surface area contributed by atoms with Gasteiger partial charge in [0, 0.05) is 24.4 Å². The first-order valence-corrected chi connectivity index (χ1v) is 9.81. The van der Waals surface area contributed by atoms with Crippen LogP contribution in [0.4, 0.5) is 0 Å². The van der Waals surface area contributed by atoms with Crippen LogP contribution < -0.4 is 5.73 Å². The Kier molecular flexibility index (Phi) is 5.69. The van der Waals surface area contributed by atoms with Crippen molar-refractivity contribution in [1.29, 1.82) is 0 Å². The van der Waals surface area contributed by atoms with Crippen LogP contribution in [-0.2, 0) is 16.0 Å². The summed E-state index contributed by atoms with van der Waals surface area (Å²) in [6.45, 7) is 3.07. The lowest BCUT2D eigenvalue weighted by molar-refractivity contribution is -0.132. The van der Waals surface area contributed by atoms with E-state index in [2.05, 4.69) is 15.2 Å². The van der Waals surface area contributed by atoms with E-state index in [4.69, 9.17) is 10.2 Å². The summed E-state index contributed by atoms with van der Waals surface area (Å²) < 4.78 is 5.56. The highest BCUT2D eigenvalue weighted by Gasteiger charge is 2.26. The van der Waals surface area contributed by atoms with Crippen LogP contribution in [0.2, 0.25) is 0 Å². The highest BCUT2D eigenvalue weighted by atomic mass is 32.2. The van der Waals surface area contributed by atoms with Gasteiger partial charge in [-0.25, -0.2) is 4.98 Å². The topological polar surface area (TPSA) is 115 Å². The van der Waals surface area contributed by atoms with Gasteiger partial charge in [0.1, 0.15) is 0 Å². The average molecular weight is 381 g/mol. The number of thiazole rings is 1. The standard InChI is InChI=1S/C15H19N5O3S2/c1-9-17-11(7-24-9)6-12-18-19-15(23-12)25-8-13(21)20-4-2-10(3-5-20)14(16)22/h7,10H,2-6,8H2,1H3,(H2,16,22). The Morgan fingerprint density at radius 1 is 1.40 bits per heavy atom. The van der Waals surface area contributed by atoms with Gasteiger partial charge in [0.15, 0.2) is 0 Å². The largest absolute Gasteiger partial charge is 0.416 e. The molecule has 1 fully saturated rings. The number of rotatable bonds is 6. The molecule has 3 heterocycles. The second-order valence-electron chi connectivity index (χ2n) is 5.84. The second kappa shape index (κ2) is 7.96. The van der Waals surface area contributed by atoms with Crippen LogP contribution in [-0.4, -0.2) is 50.7 Å². The highest BCUT2D eigenvalue weighted by molar-refractivity contribution is 7.99. The third-order valence-electron chi connectivity index (χ3n) is 4.02. The number of carbonyl (C=O) groups is 2. The Morgan fingerprint density at radius 2 is 2.16 bits per heavy atom. The number of nitrogens with two attached hydrogens (primary N) is 1. The van der Waals surface area contributed by atoms with Crippen molar-refractivity contribution < 1.29 is 14.0 Å². The molecule has 2 N–H and O–H groups in total. The molecule has 0 aliphatic carbocycles. The molecule has 2 amide bonds. The van der Waals surface area contributed by atoms with Gasteiger partial charge in [-0.2, -0.15) is 0 Å². The van der Waals surface area contributed by atoms with Crippen molar-refractivity contribution in [2.24, 2.45) is 11.7 Å². The predicted molar refractivity (Wildman–Crippen MR) is 93.2 cm³/mol. The van der Waals surface area contributed by atoms with Gasteiger partial charge in [-0.1, -0.05) is 11.8 Å². The summed E-state index contributed by atoms with van der Waals surface area (Å²) >= 11 is 2.80. The Bertz CT molecular complexity index is 752. The van der Waals surface area contributed by atoms with Crippen LogP contribution in [0.1, 0.15) is 29.4 Å². The molecule has 0 bridgehead atoms. The molecule has 1 aliphatic rings. The Hall–Kier alpha value is -1.94. The zero-order valence-electron chi connectivity index (χ0n) is 13.8. The number of aryl methyl sites for hydroxylation is 1. The number of carbonyl (C=O) groups excluding carboxylic acids is 2. The van der Waals surface area contributed by atoms with Gasteiger partial charge in [-0.15, -0.1) is 21.5 Å². The van der Waals surface area contributed by atoms with Crippen LogP contribution >= 0.6 is 23.1 Å². The Balaban J connectivity index is 1.46. The van der Waals surface area contributed by atoms with Crippen molar-refractivity contribution in [2.45, 2.75) is 31.4 Å². The molecule has 8 nitrogen and oxygen atoms in total. The van der Waals surface area contributed by atoms with Gasteiger partial charge in [-0.05, 0) is 19.8 Å². The van der Waals surface area contributed by atoms with Crippen molar-refractivity contribution in [3.8, 4) is 0 Å². The molecule has 1 aliphatic heterocycles. The fourth-order valence-electron chi connectivity index (χ4n) is 2.64. The van der Waals surface area contributed by atoms with E-state index in [1.165, 1.54) is 11.8 Å². The first-order valence-electron chi connectivity index (χ1n) is 7.94. The quantitative estimate of drug-likeness (QED) is 0.749. The molecule has 3 rings (SSSR count). The fraction of sp³-hybridized carbons (Fsp3) is 0.533. The normalized spacial score (nSPS) is 15.5. The third-order valence-corrected chi connectivity index (χ3v) is 5.64. The van der Waals surface area contributed by atoms with Crippen LogP contribution in [0.3, 0.4) is 0 Å². The summed E-state index contributed by atoms with van der Waals surface area (Å²) in [4.78, 5) is 29.5. The highest BCUT2D eigenvalue weighted by Crippen LogP contribution is 2.21. The molecule has 1 saturated heterocycles. The summed E-state index contributed by atoms with van der Waals surface area (Å²) in [5, 5.41) is 11.3. The maximum absolute atomic E-state index is 12.2. The van der Waals surface area contributed by atoms with Crippen molar-refractivity contribution in [3.05, 3.63) is 22.0 Å². The summed E-state index contributed by atoms with van der Waals surface area (Å²) in [7, 11) is 0.